The fourth-order valence-electron chi connectivity index (χ4n) is 4.92. The van der Waals surface area contributed by atoms with Crippen LogP contribution in [0, 0.1) is 11.3 Å². The van der Waals surface area contributed by atoms with Crippen LogP contribution in [0.25, 0.3) is 23.0 Å². The molecule has 0 aliphatic carbocycles. The summed E-state index contributed by atoms with van der Waals surface area (Å²) < 4.78 is 13.3. The van der Waals surface area contributed by atoms with Crippen molar-refractivity contribution in [1.82, 2.24) is 14.7 Å². The summed E-state index contributed by atoms with van der Waals surface area (Å²) in [5, 5.41) is 15.4. The number of hydrogen-bond donors (Lipinski definition) is 0. The predicted octanol–water partition coefficient (Wildman–Crippen LogP) is 7.18. The maximum Gasteiger partial charge on any atom is 0.271 e. The van der Waals surface area contributed by atoms with E-state index in [-0.39, 0.29) is 23.8 Å². The van der Waals surface area contributed by atoms with Crippen LogP contribution in [0.5, 0.6) is 5.75 Å². The van der Waals surface area contributed by atoms with Crippen LogP contribution in [-0.2, 0) is 20.9 Å². The summed E-state index contributed by atoms with van der Waals surface area (Å²) >= 11 is 5.99. The molecule has 0 saturated heterocycles. The number of para-hydroxylation sites is 1. The molecule has 1 aliphatic rings. The van der Waals surface area contributed by atoms with Gasteiger partial charge in [0, 0.05) is 41.1 Å². The van der Waals surface area contributed by atoms with Crippen molar-refractivity contribution in [3.05, 3.63) is 118 Å². The molecule has 0 fully saturated rings. The SMILES string of the molecule is CC1=C(C#N)C(=O)N(CCCOC(C)C)C(=O)/C1=C/c1cn(-c2ccccc2)nc1-c1ccc(OCc2ccc(Cl)cc2)cc1. The molecular formula is C36H33ClN4O4. The van der Waals surface area contributed by atoms with Crippen molar-refractivity contribution >= 4 is 29.5 Å². The van der Waals surface area contributed by atoms with Crippen LogP contribution in [0.1, 0.15) is 38.3 Å². The van der Waals surface area contributed by atoms with E-state index in [0.717, 1.165) is 21.7 Å². The van der Waals surface area contributed by atoms with Gasteiger partial charge in [-0.25, -0.2) is 4.68 Å². The van der Waals surface area contributed by atoms with Crippen LogP contribution in [0.2, 0.25) is 5.02 Å². The topological polar surface area (TPSA) is 97.5 Å². The van der Waals surface area contributed by atoms with Gasteiger partial charge in [0.2, 0.25) is 0 Å². The van der Waals surface area contributed by atoms with Crippen LogP contribution in [-0.4, -0.2) is 45.8 Å². The van der Waals surface area contributed by atoms with Crippen LogP contribution in [0.3, 0.4) is 0 Å². The van der Waals surface area contributed by atoms with Gasteiger partial charge in [0.25, 0.3) is 11.8 Å². The van der Waals surface area contributed by atoms with Gasteiger partial charge in [-0.3, -0.25) is 14.5 Å². The van der Waals surface area contributed by atoms with E-state index >= 15 is 0 Å². The van der Waals surface area contributed by atoms with Crippen LogP contribution < -0.4 is 4.74 Å². The van der Waals surface area contributed by atoms with Crippen LogP contribution in [0.15, 0.2) is 102 Å². The average Bonchev–Trinajstić information content (AvgIpc) is 3.47. The number of rotatable bonds is 11. The predicted molar refractivity (Wildman–Crippen MR) is 173 cm³/mol. The molecule has 2 amide bonds. The zero-order valence-electron chi connectivity index (χ0n) is 25.4. The first-order valence-corrected chi connectivity index (χ1v) is 15.1. The van der Waals surface area contributed by atoms with E-state index in [4.69, 9.17) is 26.2 Å². The minimum Gasteiger partial charge on any atom is -0.489 e. The Morgan fingerprint density at radius 3 is 2.36 bits per heavy atom. The van der Waals surface area contributed by atoms with Gasteiger partial charge in [0.05, 0.1) is 17.5 Å². The standard InChI is InChI=1S/C36H33ClN4O4/c1-24(2)44-19-7-18-40-35(42)32(25(3)33(21-38)36(40)43)20-28-22-41(30-8-5-4-6-9-30)39-34(28)27-12-16-31(17-13-27)45-23-26-10-14-29(37)15-11-26/h4-6,8-17,20,22,24H,7,18-19,23H2,1-3H3/b32-20+. The number of carbonyl (C=O) groups is 2. The number of ether oxygens (including phenoxy) is 2. The zero-order chi connectivity index (χ0) is 31.9. The second-order valence-electron chi connectivity index (χ2n) is 10.9. The number of halogens is 1. The van der Waals surface area contributed by atoms with E-state index in [9.17, 15) is 14.9 Å². The van der Waals surface area contributed by atoms with Gasteiger partial charge in [-0.1, -0.05) is 41.9 Å². The summed E-state index contributed by atoms with van der Waals surface area (Å²) in [4.78, 5) is 27.9. The fraction of sp³-hybridized carbons (Fsp3) is 0.222. The first-order chi connectivity index (χ1) is 21.7. The molecule has 0 radical (unpaired) electrons. The summed E-state index contributed by atoms with van der Waals surface area (Å²) in [6.07, 6.45) is 4.05. The second-order valence-corrected chi connectivity index (χ2v) is 11.3. The lowest BCUT2D eigenvalue weighted by molar-refractivity contribution is -0.140. The third kappa shape index (κ3) is 7.40. The molecule has 8 nitrogen and oxygen atoms in total. The van der Waals surface area contributed by atoms with Crippen molar-refractivity contribution in [2.75, 3.05) is 13.2 Å². The Morgan fingerprint density at radius 2 is 1.69 bits per heavy atom. The summed E-state index contributed by atoms with van der Waals surface area (Å²) in [6.45, 7) is 6.41. The van der Waals surface area contributed by atoms with E-state index in [1.807, 2.05) is 105 Å². The van der Waals surface area contributed by atoms with Gasteiger partial charge in [0.1, 0.15) is 24.0 Å². The van der Waals surface area contributed by atoms with Gasteiger partial charge in [0.15, 0.2) is 0 Å². The molecule has 0 N–H and O–H groups in total. The number of carbonyl (C=O) groups excluding carboxylic acids is 2. The second kappa shape index (κ2) is 14.2. The highest BCUT2D eigenvalue weighted by atomic mass is 35.5. The molecule has 228 valence electrons. The summed E-state index contributed by atoms with van der Waals surface area (Å²) in [6, 6.07) is 26.7. The van der Waals surface area contributed by atoms with Crippen molar-refractivity contribution in [2.24, 2.45) is 0 Å². The molecule has 45 heavy (non-hydrogen) atoms. The van der Waals surface area contributed by atoms with Crippen molar-refractivity contribution in [3.63, 3.8) is 0 Å². The van der Waals surface area contributed by atoms with Crippen molar-refractivity contribution in [2.45, 2.75) is 39.9 Å². The highest BCUT2D eigenvalue weighted by Gasteiger charge is 2.35. The Bertz CT molecular complexity index is 1780. The molecule has 1 aromatic heterocycles. The van der Waals surface area contributed by atoms with Gasteiger partial charge in [-0.2, -0.15) is 10.4 Å². The average molecular weight is 621 g/mol. The van der Waals surface area contributed by atoms with Crippen molar-refractivity contribution in [1.29, 1.82) is 5.26 Å². The molecule has 4 aromatic rings. The molecule has 9 heteroatoms. The minimum atomic E-state index is -0.587. The molecule has 0 bridgehead atoms. The van der Waals surface area contributed by atoms with Crippen molar-refractivity contribution in [3.8, 4) is 28.8 Å². The normalized spacial score (nSPS) is 14.4. The number of nitriles is 1. The first-order valence-electron chi connectivity index (χ1n) is 14.7. The lowest BCUT2D eigenvalue weighted by atomic mass is 9.93. The van der Waals surface area contributed by atoms with Gasteiger partial charge < -0.3 is 9.47 Å². The number of hydrogen-bond acceptors (Lipinski definition) is 6. The molecular weight excluding hydrogens is 588 g/mol. The van der Waals surface area contributed by atoms with Gasteiger partial charge in [-0.15, -0.1) is 0 Å². The molecule has 1 aliphatic heterocycles. The maximum absolute atomic E-state index is 13.7. The van der Waals surface area contributed by atoms with Crippen LogP contribution >= 0.6 is 11.6 Å². The highest BCUT2D eigenvalue weighted by molar-refractivity contribution is 6.30. The van der Waals surface area contributed by atoms with E-state index in [1.165, 1.54) is 0 Å². The molecule has 5 rings (SSSR count). The molecule has 0 atom stereocenters. The largest absolute Gasteiger partial charge is 0.489 e. The summed E-state index contributed by atoms with van der Waals surface area (Å²) in [7, 11) is 0. The number of aromatic nitrogens is 2. The third-order valence-corrected chi connectivity index (χ3v) is 7.56. The maximum atomic E-state index is 13.7. The third-order valence-electron chi connectivity index (χ3n) is 7.31. The van der Waals surface area contributed by atoms with E-state index < -0.39 is 11.8 Å². The Labute approximate surface area is 267 Å². The first kappa shape index (κ1) is 31.5. The van der Waals surface area contributed by atoms with E-state index in [0.29, 0.717) is 47.2 Å². The number of nitrogens with zero attached hydrogens (tertiary/aromatic N) is 4. The van der Waals surface area contributed by atoms with Crippen LogP contribution in [0.4, 0.5) is 0 Å². The fourth-order valence-corrected chi connectivity index (χ4v) is 5.04. The minimum absolute atomic E-state index is 0.0358. The van der Waals surface area contributed by atoms with Gasteiger partial charge in [-0.05, 0) is 92.9 Å². The Hall–Kier alpha value is -4.97. The van der Waals surface area contributed by atoms with Gasteiger partial charge >= 0.3 is 0 Å². The van der Waals surface area contributed by atoms with E-state index in [1.54, 1.807) is 17.7 Å². The monoisotopic (exact) mass is 620 g/mol. The quantitative estimate of drug-likeness (QED) is 0.100. The number of imide groups is 1. The van der Waals surface area contributed by atoms with E-state index in [2.05, 4.69) is 0 Å². The molecule has 0 unspecified atom stereocenters. The lowest BCUT2D eigenvalue weighted by Gasteiger charge is -2.27. The zero-order valence-corrected chi connectivity index (χ0v) is 26.1. The molecule has 2 heterocycles. The number of benzene rings is 3. The number of amides is 2. The molecule has 0 saturated carbocycles. The Morgan fingerprint density at radius 1 is 0.978 bits per heavy atom. The Kier molecular flexibility index (Phi) is 9.93. The summed E-state index contributed by atoms with van der Waals surface area (Å²) in [5.41, 5.74) is 4.49. The summed E-state index contributed by atoms with van der Waals surface area (Å²) in [5.74, 6) is -0.354. The molecule has 0 spiro atoms. The Balaban J connectivity index is 1.49. The smallest absolute Gasteiger partial charge is 0.271 e. The van der Waals surface area contributed by atoms with Crippen molar-refractivity contribution < 1.29 is 19.1 Å². The molecule has 3 aromatic carbocycles. The lowest BCUT2D eigenvalue weighted by Crippen LogP contribution is -2.43. The highest BCUT2D eigenvalue weighted by Crippen LogP contribution is 2.32.